The monoisotopic (exact) mass is 354 g/mol. The number of hydrogen-bond acceptors (Lipinski definition) is 6. The zero-order valence-corrected chi connectivity index (χ0v) is 16.1. The van der Waals surface area contributed by atoms with Crippen molar-refractivity contribution in [2.75, 3.05) is 37.8 Å². The van der Waals surface area contributed by atoms with Crippen molar-refractivity contribution in [2.24, 2.45) is 5.92 Å². The molecule has 140 valence electrons. The van der Waals surface area contributed by atoms with Crippen LogP contribution in [0.3, 0.4) is 0 Å². The van der Waals surface area contributed by atoms with Gasteiger partial charge in [0, 0.05) is 14.1 Å². The van der Waals surface area contributed by atoms with Gasteiger partial charge in [0.05, 0.1) is 6.04 Å². The summed E-state index contributed by atoms with van der Waals surface area (Å²) in [6.45, 7) is 4.34. The van der Waals surface area contributed by atoms with E-state index in [0.29, 0.717) is 11.9 Å². The number of aryl methyl sites for hydroxylation is 1. The largest absolute Gasteiger partial charge is 0.368 e. The molecule has 0 radical (unpaired) electrons. The molecule has 1 aromatic heterocycles. The molecule has 1 aromatic carbocycles. The molecule has 0 bridgehead atoms. The van der Waals surface area contributed by atoms with E-state index in [4.69, 9.17) is 5.73 Å². The van der Waals surface area contributed by atoms with E-state index >= 15 is 0 Å². The highest BCUT2D eigenvalue weighted by Gasteiger charge is 2.25. The lowest BCUT2D eigenvalue weighted by Gasteiger charge is -2.35. The lowest BCUT2D eigenvalue weighted by Crippen LogP contribution is -2.36. The van der Waals surface area contributed by atoms with E-state index in [1.807, 2.05) is 19.0 Å². The van der Waals surface area contributed by atoms with Crippen molar-refractivity contribution in [1.29, 1.82) is 0 Å². The topological polar surface area (TPSA) is 71.2 Å². The van der Waals surface area contributed by atoms with Gasteiger partial charge in [0.2, 0.25) is 11.9 Å². The van der Waals surface area contributed by atoms with Crippen LogP contribution in [0.25, 0.3) is 0 Å². The van der Waals surface area contributed by atoms with Gasteiger partial charge in [-0.2, -0.15) is 15.0 Å². The Morgan fingerprint density at radius 1 is 1.12 bits per heavy atom. The van der Waals surface area contributed by atoms with Gasteiger partial charge in [-0.1, -0.05) is 30.3 Å². The number of piperidine rings is 1. The maximum atomic E-state index is 5.87. The van der Waals surface area contributed by atoms with Crippen molar-refractivity contribution in [2.45, 2.75) is 38.6 Å². The number of nitrogens with zero attached hydrogens (tertiary/aromatic N) is 5. The molecule has 1 aliphatic heterocycles. The molecule has 0 amide bonds. The normalized spacial score (nSPS) is 17.2. The first-order valence-electron chi connectivity index (χ1n) is 9.49. The molecule has 0 unspecified atom stereocenters. The van der Waals surface area contributed by atoms with Gasteiger partial charge in [0.25, 0.3) is 0 Å². The summed E-state index contributed by atoms with van der Waals surface area (Å²) in [6, 6.07) is 11.0. The first kappa shape index (κ1) is 18.6. The summed E-state index contributed by atoms with van der Waals surface area (Å²) in [6.07, 6.45) is 4.92. The lowest BCUT2D eigenvalue weighted by molar-refractivity contribution is 0.133. The standard InChI is InChI=1S/C20H30N6/c1-15(18-22-19(21)24-20(23-18)25(2)3)26-13-11-17(12-14-26)10-9-16-7-5-4-6-8-16/h4-8,15,17H,9-14H2,1-3H3,(H2,21,22,23,24)/t15-/m0/s1. The molecule has 1 saturated heterocycles. The number of aromatic nitrogens is 3. The predicted octanol–water partition coefficient (Wildman–Crippen LogP) is 2.93. The molecule has 26 heavy (non-hydrogen) atoms. The van der Waals surface area contributed by atoms with Gasteiger partial charge < -0.3 is 10.6 Å². The van der Waals surface area contributed by atoms with E-state index in [-0.39, 0.29) is 6.04 Å². The minimum absolute atomic E-state index is 0.161. The molecule has 1 atom stereocenters. The number of anilines is 2. The maximum Gasteiger partial charge on any atom is 0.229 e. The average Bonchev–Trinajstić information content (AvgIpc) is 2.66. The third-order valence-corrected chi connectivity index (χ3v) is 5.31. The Bertz CT molecular complexity index is 695. The van der Waals surface area contributed by atoms with E-state index in [1.165, 1.54) is 31.2 Å². The smallest absolute Gasteiger partial charge is 0.229 e. The van der Waals surface area contributed by atoms with Crippen LogP contribution in [0, 0.1) is 5.92 Å². The number of nitrogen functional groups attached to an aromatic ring is 1. The third-order valence-electron chi connectivity index (χ3n) is 5.31. The molecule has 1 aliphatic rings. The van der Waals surface area contributed by atoms with Gasteiger partial charge >= 0.3 is 0 Å². The maximum absolute atomic E-state index is 5.87. The van der Waals surface area contributed by atoms with Crippen LogP contribution in [-0.4, -0.2) is 47.0 Å². The third kappa shape index (κ3) is 4.69. The van der Waals surface area contributed by atoms with Crippen molar-refractivity contribution < 1.29 is 0 Å². The van der Waals surface area contributed by atoms with Crippen LogP contribution >= 0.6 is 0 Å². The van der Waals surface area contributed by atoms with E-state index in [0.717, 1.165) is 24.8 Å². The Hall–Kier alpha value is -2.21. The molecule has 3 rings (SSSR count). The summed E-state index contributed by atoms with van der Waals surface area (Å²) < 4.78 is 0. The number of nitrogens with two attached hydrogens (primary N) is 1. The van der Waals surface area contributed by atoms with E-state index in [1.54, 1.807) is 0 Å². The Morgan fingerprint density at radius 3 is 2.46 bits per heavy atom. The lowest BCUT2D eigenvalue weighted by atomic mass is 9.90. The fraction of sp³-hybridized carbons (Fsp3) is 0.550. The fourth-order valence-corrected chi connectivity index (χ4v) is 3.59. The molecule has 0 aliphatic carbocycles. The zero-order valence-electron chi connectivity index (χ0n) is 16.1. The molecular formula is C20H30N6. The van der Waals surface area contributed by atoms with Crippen LogP contribution in [0.1, 0.15) is 43.6 Å². The molecule has 1 fully saturated rings. The minimum atomic E-state index is 0.161. The van der Waals surface area contributed by atoms with Crippen LogP contribution in [0.15, 0.2) is 30.3 Å². The molecule has 0 spiro atoms. The van der Waals surface area contributed by atoms with Crippen LogP contribution in [-0.2, 0) is 6.42 Å². The first-order chi connectivity index (χ1) is 12.5. The molecule has 2 aromatic rings. The number of likely N-dealkylation sites (tertiary alicyclic amines) is 1. The number of rotatable bonds is 6. The van der Waals surface area contributed by atoms with Gasteiger partial charge in [-0.05, 0) is 57.2 Å². The van der Waals surface area contributed by atoms with E-state index in [2.05, 4.69) is 57.1 Å². The highest BCUT2D eigenvalue weighted by Crippen LogP contribution is 2.28. The van der Waals surface area contributed by atoms with E-state index in [9.17, 15) is 0 Å². The Morgan fingerprint density at radius 2 is 1.81 bits per heavy atom. The second kappa shape index (κ2) is 8.45. The number of benzene rings is 1. The molecule has 2 heterocycles. The van der Waals surface area contributed by atoms with E-state index < -0.39 is 0 Å². The summed E-state index contributed by atoms with van der Waals surface area (Å²) in [5, 5.41) is 0. The summed E-state index contributed by atoms with van der Waals surface area (Å²) >= 11 is 0. The summed E-state index contributed by atoms with van der Waals surface area (Å²) in [5.41, 5.74) is 7.32. The van der Waals surface area contributed by atoms with Crippen molar-refractivity contribution >= 4 is 11.9 Å². The molecule has 6 heteroatoms. The SMILES string of the molecule is C[C@@H](c1nc(N)nc(N(C)C)n1)N1CCC(CCc2ccccc2)CC1. The zero-order chi connectivity index (χ0) is 18.5. The molecule has 0 saturated carbocycles. The highest BCUT2D eigenvalue weighted by molar-refractivity contribution is 5.33. The van der Waals surface area contributed by atoms with Crippen LogP contribution in [0.4, 0.5) is 11.9 Å². The van der Waals surface area contributed by atoms with Gasteiger partial charge in [0.15, 0.2) is 5.82 Å². The Labute approximate surface area is 156 Å². The Kier molecular flexibility index (Phi) is 6.04. The van der Waals surface area contributed by atoms with Crippen LogP contribution < -0.4 is 10.6 Å². The van der Waals surface area contributed by atoms with Crippen LogP contribution in [0.5, 0.6) is 0 Å². The van der Waals surface area contributed by atoms with Gasteiger partial charge in [0.1, 0.15) is 0 Å². The van der Waals surface area contributed by atoms with Gasteiger partial charge in [-0.3, -0.25) is 4.90 Å². The predicted molar refractivity (Wildman–Crippen MR) is 106 cm³/mol. The second-order valence-corrected chi connectivity index (χ2v) is 7.43. The van der Waals surface area contributed by atoms with Gasteiger partial charge in [-0.15, -0.1) is 0 Å². The van der Waals surface area contributed by atoms with Crippen molar-refractivity contribution in [3.63, 3.8) is 0 Å². The highest BCUT2D eigenvalue weighted by atomic mass is 15.3. The minimum Gasteiger partial charge on any atom is -0.368 e. The first-order valence-corrected chi connectivity index (χ1v) is 9.49. The molecule has 6 nitrogen and oxygen atoms in total. The van der Waals surface area contributed by atoms with Gasteiger partial charge in [-0.25, -0.2) is 0 Å². The summed E-state index contributed by atoms with van der Waals surface area (Å²) in [5.74, 6) is 2.49. The quantitative estimate of drug-likeness (QED) is 0.860. The average molecular weight is 355 g/mol. The van der Waals surface area contributed by atoms with Crippen LogP contribution in [0.2, 0.25) is 0 Å². The summed E-state index contributed by atoms with van der Waals surface area (Å²) in [7, 11) is 3.84. The summed E-state index contributed by atoms with van der Waals surface area (Å²) in [4.78, 5) is 17.5. The van der Waals surface area contributed by atoms with Crippen molar-refractivity contribution in [3.05, 3.63) is 41.7 Å². The Balaban J connectivity index is 1.54. The van der Waals surface area contributed by atoms with Crippen molar-refractivity contribution in [1.82, 2.24) is 19.9 Å². The van der Waals surface area contributed by atoms with Crippen molar-refractivity contribution in [3.8, 4) is 0 Å². The second-order valence-electron chi connectivity index (χ2n) is 7.43. The fourth-order valence-electron chi connectivity index (χ4n) is 3.59. The number of hydrogen-bond donors (Lipinski definition) is 1. The molecule has 2 N–H and O–H groups in total. The molecular weight excluding hydrogens is 324 g/mol.